The van der Waals surface area contributed by atoms with E-state index in [9.17, 15) is 4.79 Å². The number of likely N-dealkylation sites (N-methyl/N-ethyl adjacent to an activating group) is 1. The Balaban J connectivity index is 2.54. The molecule has 1 fully saturated rings. The third-order valence-corrected chi connectivity index (χ3v) is 2.29. The second kappa shape index (κ2) is 3.72. The van der Waals surface area contributed by atoms with E-state index >= 15 is 0 Å². The second-order valence-corrected chi connectivity index (χ2v) is 3.34. The SMILES string of the molecule is C=CCN1CC(=O)N(C)CC1C. The van der Waals surface area contributed by atoms with Crippen LogP contribution in [0.25, 0.3) is 0 Å². The first-order chi connectivity index (χ1) is 5.65. The van der Waals surface area contributed by atoms with E-state index in [-0.39, 0.29) is 5.91 Å². The molecule has 3 heteroatoms. The number of carbonyl (C=O) groups is 1. The van der Waals surface area contributed by atoms with E-state index in [4.69, 9.17) is 0 Å². The van der Waals surface area contributed by atoms with Crippen molar-refractivity contribution < 1.29 is 4.79 Å². The van der Waals surface area contributed by atoms with Crippen LogP contribution in [0.3, 0.4) is 0 Å². The van der Waals surface area contributed by atoms with E-state index in [1.54, 1.807) is 4.90 Å². The van der Waals surface area contributed by atoms with Crippen LogP contribution in [0.1, 0.15) is 6.92 Å². The second-order valence-electron chi connectivity index (χ2n) is 3.34. The Labute approximate surface area is 73.6 Å². The average molecular weight is 168 g/mol. The highest BCUT2D eigenvalue weighted by atomic mass is 16.2. The number of carbonyl (C=O) groups excluding carboxylic acids is 1. The molecule has 3 nitrogen and oxygen atoms in total. The van der Waals surface area contributed by atoms with Gasteiger partial charge in [-0.3, -0.25) is 9.69 Å². The number of hydrogen-bond donors (Lipinski definition) is 0. The van der Waals surface area contributed by atoms with Gasteiger partial charge in [-0.05, 0) is 6.92 Å². The van der Waals surface area contributed by atoms with Crippen LogP contribution in [-0.2, 0) is 4.79 Å². The Bertz CT molecular complexity index is 191. The van der Waals surface area contributed by atoms with Crippen molar-refractivity contribution >= 4 is 5.91 Å². The van der Waals surface area contributed by atoms with Crippen LogP contribution < -0.4 is 0 Å². The molecule has 0 aromatic rings. The van der Waals surface area contributed by atoms with E-state index in [1.165, 1.54) is 0 Å². The van der Waals surface area contributed by atoms with Crippen molar-refractivity contribution in [1.29, 1.82) is 0 Å². The average Bonchev–Trinajstić information content (AvgIpc) is 2.01. The zero-order valence-corrected chi connectivity index (χ0v) is 7.79. The molecule has 0 aromatic heterocycles. The summed E-state index contributed by atoms with van der Waals surface area (Å²) < 4.78 is 0. The third kappa shape index (κ3) is 1.85. The number of amides is 1. The molecule has 0 radical (unpaired) electrons. The largest absolute Gasteiger partial charge is 0.343 e. The van der Waals surface area contributed by atoms with Gasteiger partial charge in [0, 0.05) is 26.2 Å². The van der Waals surface area contributed by atoms with Gasteiger partial charge in [-0.25, -0.2) is 0 Å². The highest BCUT2D eigenvalue weighted by Crippen LogP contribution is 2.07. The van der Waals surface area contributed by atoms with Crippen LogP contribution in [0, 0.1) is 0 Å². The molecule has 1 unspecified atom stereocenters. The Morgan fingerprint density at radius 3 is 3.00 bits per heavy atom. The van der Waals surface area contributed by atoms with Gasteiger partial charge >= 0.3 is 0 Å². The van der Waals surface area contributed by atoms with Gasteiger partial charge in [-0.2, -0.15) is 0 Å². The summed E-state index contributed by atoms with van der Waals surface area (Å²) in [5, 5.41) is 0. The smallest absolute Gasteiger partial charge is 0.236 e. The molecule has 0 aliphatic carbocycles. The highest BCUT2D eigenvalue weighted by Gasteiger charge is 2.25. The van der Waals surface area contributed by atoms with Crippen LogP contribution in [-0.4, -0.2) is 48.4 Å². The van der Waals surface area contributed by atoms with E-state index in [0.717, 1.165) is 13.1 Å². The predicted molar refractivity (Wildman–Crippen MR) is 48.9 cm³/mol. The summed E-state index contributed by atoms with van der Waals surface area (Å²) in [5.41, 5.74) is 0. The highest BCUT2D eigenvalue weighted by molar-refractivity contribution is 5.78. The van der Waals surface area contributed by atoms with Crippen molar-refractivity contribution in [1.82, 2.24) is 9.80 Å². The van der Waals surface area contributed by atoms with Gasteiger partial charge in [-0.15, -0.1) is 6.58 Å². The Kier molecular flexibility index (Phi) is 2.87. The molecule has 0 bridgehead atoms. The number of piperazine rings is 1. The molecular weight excluding hydrogens is 152 g/mol. The number of rotatable bonds is 2. The summed E-state index contributed by atoms with van der Waals surface area (Å²) >= 11 is 0. The normalized spacial score (nSPS) is 26.0. The summed E-state index contributed by atoms with van der Waals surface area (Å²) in [4.78, 5) is 15.2. The van der Waals surface area contributed by atoms with Gasteiger partial charge in [0.15, 0.2) is 0 Å². The quantitative estimate of drug-likeness (QED) is 0.555. The molecule has 0 saturated carbocycles. The monoisotopic (exact) mass is 168 g/mol. The van der Waals surface area contributed by atoms with E-state index < -0.39 is 0 Å². The first kappa shape index (κ1) is 9.26. The first-order valence-corrected chi connectivity index (χ1v) is 4.24. The van der Waals surface area contributed by atoms with E-state index in [0.29, 0.717) is 12.6 Å². The number of nitrogens with zero attached hydrogens (tertiary/aromatic N) is 2. The van der Waals surface area contributed by atoms with Crippen molar-refractivity contribution in [3.63, 3.8) is 0 Å². The van der Waals surface area contributed by atoms with Gasteiger partial charge in [0.25, 0.3) is 0 Å². The molecule has 1 amide bonds. The van der Waals surface area contributed by atoms with Crippen molar-refractivity contribution in [3.05, 3.63) is 12.7 Å². The lowest BCUT2D eigenvalue weighted by Crippen LogP contribution is -2.53. The fourth-order valence-corrected chi connectivity index (χ4v) is 1.47. The van der Waals surface area contributed by atoms with E-state index in [1.807, 2.05) is 13.1 Å². The van der Waals surface area contributed by atoms with Crippen molar-refractivity contribution in [2.75, 3.05) is 26.7 Å². The molecule has 0 N–H and O–H groups in total. The van der Waals surface area contributed by atoms with Crippen molar-refractivity contribution in [2.45, 2.75) is 13.0 Å². The van der Waals surface area contributed by atoms with Crippen LogP contribution >= 0.6 is 0 Å². The van der Waals surface area contributed by atoms with Gasteiger partial charge in [-0.1, -0.05) is 6.08 Å². The van der Waals surface area contributed by atoms with Crippen molar-refractivity contribution in [3.8, 4) is 0 Å². The van der Waals surface area contributed by atoms with Gasteiger partial charge in [0.05, 0.1) is 6.54 Å². The summed E-state index contributed by atoms with van der Waals surface area (Å²) in [5.74, 6) is 0.204. The molecule has 1 rings (SSSR count). The molecule has 1 aliphatic heterocycles. The summed E-state index contributed by atoms with van der Waals surface area (Å²) in [7, 11) is 1.85. The molecule has 0 aromatic carbocycles. The first-order valence-electron chi connectivity index (χ1n) is 4.24. The maximum atomic E-state index is 11.3. The topological polar surface area (TPSA) is 23.6 Å². The summed E-state index contributed by atoms with van der Waals surface area (Å²) in [6.07, 6.45) is 1.84. The minimum absolute atomic E-state index is 0.204. The fourth-order valence-electron chi connectivity index (χ4n) is 1.47. The zero-order valence-electron chi connectivity index (χ0n) is 7.79. The molecule has 0 spiro atoms. The summed E-state index contributed by atoms with van der Waals surface area (Å²) in [6, 6.07) is 0.450. The molecule has 1 aliphatic rings. The Hall–Kier alpha value is -0.830. The summed E-state index contributed by atoms with van der Waals surface area (Å²) in [6.45, 7) is 7.96. The lowest BCUT2D eigenvalue weighted by Gasteiger charge is -2.36. The van der Waals surface area contributed by atoms with Gasteiger partial charge in [0.1, 0.15) is 0 Å². The maximum Gasteiger partial charge on any atom is 0.236 e. The van der Waals surface area contributed by atoms with Crippen molar-refractivity contribution in [2.24, 2.45) is 0 Å². The molecule has 1 heterocycles. The molecule has 68 valence electrons. The Morgan fingerprint density at radius 1 is 1.75 bits per heavy atom. The molecular formula is C9H16N2O. The van der Waals surface area contributed by atoms with Crippen LogP contribution in [0.5, 0.6) is 0 Å². The zero-order chi connectivity index (χ0) is 9.14. The van der Waals surface area contributed by atoms with Crippen LogP contribution in [0.15, 0.2) is 12.7 Å². The Morgan fingerprint density at radius 2 is 2.42 bits per heavy atom. The molecule has 1 atom stereocenters. The third-order valence-electron chi connectivity index (χ3n) is 2.29. The van der Waals surface area contributed by atoms with Crippen LogP contribution in [0.2, 0.25) is 0 Å². The van der Waals surface area contributed by atoms with E-state index in [2.05, 4.69) is 18.4 Å². The van der Waals surface area contributed by atoms with Gasteiger partial charge < -0.3 is 4.90 Å². The molecule has 1 saturated heterocycles. The fraction of sp³-hybridized carbons (Fsp3) is 0.667. The number of hydrogen-bond acceptors (Lipinski definition) is 2. The minimum atomic E-state index is 0.204. The van der Waals surface area contributed by atoms with Gasteiger partial charge in [0.2, 0.25) is 5.91 Å². The van der Waals surface area contributed by atoms with Crippen LogP contribution in [0.4, 0.5) is 0 Å². The lowest BCUT2D eigenvalue weighted by molar-refractivity contribution is -0.136. The minimum Gasteiger partial charge on any atom is -0.343 e. The standard InChI is InChI=1S/C9H16N2O/c1-4-5-11-7-9(12)10(3)6-8(11)2/h4,8H,1,5-7H2,2-3H3. The maximum absolute atomic E-state index is 11.3. The predicted octanol–water partition coefficient (Wildman–Crippen LogP) is 0.335. The lowest BCUT2D eigenvalue weighted by atomic mass is 10.2. The molecule has 12 heavy (non-hydrogen) atoms.